The third kappa shape index (κ3) is 5.40. The molecule has 0 aromatic heterocycles. The summed E-state index contributed by atoms with van der Waals surface area (Å²) in [6, 6.07) is 18.7. The van der Waals surface area contributed by atoms with E-state index in [2.05, 4.69) is 5.32 Å². The number of hydrogen-bond acceptors (Lipinski definition) is 1. The molecule has 0 aliphatic rings. The summed E-state index contributed by atoms with van der Waals surface area (Å²) in [4.78, 5) is 13.2. The van der Waals surface area contributed by atoms with E-state index in [1.54, 1.807) is 24.3 Å². The molecule has 0 fully saturated rings. The predicted octanol–water partition coefficient (Wildman–Crippen LogP) is 2.83. The van der Waals surface area contributed by atoms with Crippen LogP contribution in [0.4, 0.5) is 0 Å². The smallest absolute Gasteiger partial charge is 0.262 e. The lowest BCUT2D eigenvalue weighted by atomic mass is 10.2. The number of rotatable bonds is 5. The maximum atomic E-state index is 12.4. The van der Waals surface area contributed by atoms with E-state index in [9.17, 15) is 4.79 Å². The van der Waals surface area contributed by atoms with E-state index >= 15 is 0 Å². The molecule has 122 valence electrons. The van der Waals surface area contributed by atoms with Crippen LogP contribution >= 0.6 is 34.8 Å². The summed E-state index contributed by atoms with van der Waals surface area (Å²) in [6.07, 6.45) is -0.680. The molecule has 6 heteroatoms. The number of carbonyl (C=O) groups is 1. The van der Waals surface area contributed by atoms with E-state index in [1.807, 2.05) is 43.4 Å². The molecule has 0 heterocycles. The van der Waals surface area contributed by atoms with E-state index in [0.29, 0.717) is 12.1 Å². The van der Waals surface area contributed by atoms with E-state index in [4.69, 9.17) is 34.8 Å². The van der Waals surface area contributed by atoms with Crippen LogP contribution in [0.2, 0.25) is 0 Å². The number of benzene rings is 2. The quantitative estimate of drug-likeness (QED) is 0.614. The number of carbonyl (C=O) groups excluding carboxylic acids is 1. The summed E-state index contributed by atoms with van der Waals surface area (Å²) in [7, 11) is 1.88. The number of amides is 1. The summed E-state index contributed by atoms with van der Waals surface area (Å²) in [5.74, 6) is -0.269. The van der Waals surface area contributed by atoms with E-state index in [1.165, 1.54) is 0 Å². The number of alkyl halides is 3. The van der Waals surface area contributed by atoms with Gasteiger partial charge in [0.2, 0.25) is 6.17 Å². The van der Waals surface area contributed by atoms with Crippen molar-refractivity contribution in [2.45, 2.75) is 16.5 Å². The van der Waals surface area contributed by atoms with Crippen molar-refractivity contribution in [3.63, 3.8) is 0 Å². The van der Waals surface area contributed by atoms with Gasteiger partial charge in [0.1, 0.15) is 6.54 Å². The van der Waals surface area contributed by atoms with Crippen molar-refractivity contribution in [3.8, 4) is 0 Å². The Morgan fingerprint density at radius 1 is 1.04 bits per heavy atom. The largest absolute Gasteiger partial charge is 0.310 e. The molecule has 0 radical (unpaired) electrons. The maximum Gasteiger partial charge on any atom is 0.262 e. The molecule has 0 aliphatic carbocycles. The maximum absolute atomic E-state index is 12.4. The first kappa shape index (κ1) is 18.1. The molecule has 2 atom stereocenters. The molecular weight excluding hydrogens is 355 g/mol. The number of hydrogen-bond donors (Lipinski definition) is 2. The van der Waals surface area contributed by atoms with E-state index in [-0.39, 0.29) is 5.91 Å². The standard InChI is InChI=1S/C17H17Cl3N2O/c1-22(12-13-8-4-2-5-9-13)16(17(18,19)20)21-15(23)14-10-6-3-7-11-14/h2-11,16H,12H2,1H3,(H,21,23)/p+1/t16-/m0/s1. The first-order chi connectivity index (χ1) is 10.9. The first-order valence-corrected chi connectivity index (χ1v) is 8.30. The predicted molar refractivity (Wildman–Crippen MR) is 95.0 cm³/mol. The Bertz CT molecular complexity index is 629. The molecule has 0 bridgehead atoms. The molecular formula is C17H18Cl3N2O+. The van der Waals surface area contributed by atoms with Crippen LogP contribution in [0.15, 0.2) is 60.7 Å². The van der Waals surface area contributed by atoms with Crippen LogP contribution in [-0.2, 0) is 6.54 Å². The molecule has 2 N–H and O–H groups in total. The van der Waals surface area contributed by atoms with Crippen LogP contribution in [-0.4, -0.2) is 22.9 Å². The monoisotopic (exact) mass is 371 g/mol. The average Bonchev–Trinajstić information content (AvgIpc) is 2.53. The zero-order valence-electron chi connectivity index (χ0n) is 12.6. The van der Waals surface area contributed by atoms with Crippen molar-refractivity contribution >= 4 is 40.7 Å². The van der Waals surface area contributed by atoms with E-state index < -0.39 is 9.96 Å². The normalized spacial score (nSPS) is 14.1. The van der Waals surface area contributed by atoms with Crippen molar-refractivity contribution in [2.24, 2.45) is 0 Å². The van der Waals surface area contributed by atoms with Crippen LogP contribution in [0, 0.1) is 0 Å². The van der Waals surface area contributed by atoms with Crippen LogP contribution in [0.25, 0.3) is 0 Å². The summed E-state index contributed by atoms with van der Waals surface area (Å²) in [5.41, 5.74) is 1.62. The highest BCUT2D eigenvalue weighted by Crippen LogP contribution is 2.28. The molecule has 1 amide bonds. The molecule has 2 aromatic rings. The summed E-state index contributed by atoms with van der Waals surface area (Å²) in [5, 5.41) is 2.82. The lowest BCUT2D eigenvalue weighted by molar-refractivity contribution is -0.921. The third-order valence-electron chi connectivity index (χ3n) is 3.46. The minimum absolute atomic E-state index is 0.269. The minimum atomic E-state index is -1.62. The molecule has 1 unspecified atom stereocenters. The highest BCUT2D eigenvalue weighted by molar-refractivity contribution is 6.68. The Hall–Kier alpha value is -1.26. The molecule has 0 spiro atoms. The van der Waals surface area contributed by atoms with Gasteiger partial charge in [-0.15, -0.1) is 0 Å². The van der Waals surface area contributed by atoms with Gasteiger partial charge in [0, 0.05) is 11.1 Å². The minimum Gasteiger partial charge on any atom is -0.310 e. The summed E-state index contributed by atoms with van der Waals surface area (Å²) >= 11 is 18.3. The van der Waals surface area contributed by atoms with Gasteiger partial charge in [-0.05, 0) is 12.1 Å². The van der Waals surface area contributed by atoms with Gasteiger partial charge in [0.15, 0.2) is 0 Å². The zero-order valence-corrected chi connectivity index (χ0v) is 14.9. The second kappa shape index (κ2) is 8.02. The van der Waals surface area contributed by atoms with Crippen LogP contribution in [0.1, 0.15) is 15.9 Å². The Morgan fingerprint density at radius 2 is 1.57 bits per heavy atom. The summed E-state index contributed by atoms with van der Waals surface area (Å²) in [6.45, 7) is 0.620. The Labute approximate surface area is 151 Å². The molecule has 2 rings (SSSR count). The van der Waals surface area contributed by atoms with Gasteiger partial charge in [-0.3, -0.25) is 10.1 Å². The van der Waals surface area contributed by atoms with Gasteiger partial charge in [-0.1, -0.05) is 83.3 Å². The van der Waals surface area contributed by atoms with Gasteiger partial charge in [-0.2, -0.15) is 0 Å². The average molecular weight is 373 g/mol. The van der Waals surface area contributed by atoms with Crippen molar-refractivity contribution in [3.05, 3.63) is 71.8 Å². The molecule has 3 nitrogen and oxygen atoms in total. The Kier molecular flexibility index (Phi) is 6.31. The van der Waals surface area contributed by atoms with Crippen LogP contribution in [0.5, 0.6) is 0 Å². The Morgan fingerprint density at radius 3 is 2.09 bits per heavy atom. The molecule has 23 heavy (non-hydrogen) atoms. The highest BCUT2D eigenvalue weighted by atomic mass is 35.6. The molecule has 0 saturated heterocycles. The fourth-order valence-electron chi connectivity index (χ4n) is 2.31. The SMILES string of the molecule is C[NH+](Cc1ccccc1)[C@H](NC(=O)c1ccccc1)C(Cl)(Cl)Cl. The number of quaternary nitrogens is 1. The lowest BCUT2D eigenvalue weighted by Crippen LogP contribution is -3.15. The lowest BCUT2D eigenvalue weighted by Gasteiger charge is -2.30. The molecule has 0 saturated carbocycles. The van der Waals surface area contributed by atoms with Gasteiger partial charge in [0.25, 0.3) is 9.70 Å². The first-order valence-electron chi connectivity index (χ1n) is 7.17. The van der Waals surface area contributed by atoms with Gasteiger partial charge in [-0.25, -0.2) is 0 Å². The Balaban J connectivity index is 2.12. The van der Waals surface area contributed by atoms with Gasteiger partial charge in [0.05, 0.1) is 7.05 Å². The zero-order chi connectivity index (χ0) is 16.9. The second-order valence-corrected chi connectivity index (χ2v) is 7.69. The number of halogens is 3. The fraction of sp³-hybridized carbons (Fsp3) is 0.235. The van der Waals surface area contributed by atoms with Crippen LogP contribution < -0.4 is 10.2 Å². The van der Waals surface area contributed by atoms with E-state index in [0.717, 1.165) is 10.5 Å². The molecule has 0 aliphatic heterocycles. The third-order valence-corrected chi connectivity index (χ3v) is 4.11. The second-order valence-electron chi connectivity index (χ2n) is 5.32. The van der Waals surface area contributed by atoms with Crippen molar-refractivity contribution in [2.75, 3.05) is 7.05 Å². The van der Waals surface area contributed by atoms with Crippen molar-refractivity contribution < 1.29 is 9.69 Å². The van der Waals surface area contributed by atoms with Gasteiger partial charge < -0.3 is 4.90 Å². The van der Waals surface area contributed by atoms with Crippen LogP contribution in [0.3, 0.4) is 0 Å². The van der Waals surface area contributed by atoms with Gasteiger partial charge >= 0.3 is 0 Å². The topological polar surface area (TPSA) is 33.5 Å². The summed E-state index contributed by atoms with van der Waals surface area (Å²) < 4.78 is -1.62. The molecule has 2 aromatic carbocycles. The fourth-order valence-corrected chi connectivity index (χ4v) is 3.03. The highest BCUT2D eigenvalue weighted by Gasteiger charge is 2.40. The van der Waals surface area contributed by atoms with Crippen molar-refractivity contribution in [1.82, 2.24) is 5.32 Å². The number of nitrogens with one attached hydrogen (secondary N) is 2. The van der Waals surface area contributed by atoms with Crippen molar-refractivity contribution in [1.29, 1.82) is 0 Å².